The van der Waals surface area contributed by atoms with Crippen LogP contribution in [0.25, 0.3) is 0 Å². The van der Waals surface area contributed by atoms with Gasteiger partial charge in [0, 0.05) is 19.3 Å². The lowest BCUT2D eigenvalue weighted by atomic mass is 10.1. The first-order valence-corrected chi connectivity index (χ1v) is 5.86. The van der Waals surface area contributed by atoms with E-state index in [1.165, 1.54) is 0 Å². The second kappa shape index (κ2) is 5.77. The molecule has 0 saturated carbocycles. The zero-order chi connectivity index (χ0) is 13.0. The van der Waals surface area contributed by atoms with Crippen molar-refractivity contribution < 1.29 is 9.53 Å². The van der Waals surface area contributed by atoms with Crippen molar-refractivity contribution in [2.24, 2.45) is 0 Å². The average molecular weight is 257 g/mol. The summed E-state index contributed by atoms with van der Waals surface area (Å²) in [7, 11) is 1.86. The molecule has 1 aromatic carbocycles. The number of benzene rings is 1. The van der Waals surface area contributed by atoms with Crippen LogP contribution < -0.4 is 10.6 Å². The number of hydrogen-bond acceptors (Lipinski definition) is 4. The van der Waals surface area contributed by atoms with Gasteiger partial charge in [-0.3, -0.25) is 0 Å². The number of carbonyl (C=O) groups excluding carboxylic acids is 1. The fourth-order valence-corrected chi connectivity index (χ4v) is 1.90. The molecule has 1 rings (SSSR count). The average Bonchev–Trinajstić information content (AvgIpc) is 2.27. The van der Waals surface area contributed by atoms with Crippen molar-refractivity contribution in [3.05, 3.63) is 22.7 Å². The van der Waals surface area contributed by atoms with Crippen molar-refractivity contribution in [1.29, 1.82) is 0 Å². The molecule has 0 amide bonds. The molecule has 0 fully saturated rings. The van der Waals surface area contributed by atoms with E-state index >= 15 is 0 Å². The van der Waals surface area contributed by atoms with E-state index in [1.54, 1.807) is 19.1 Å². The quantitative estimate of drug-likeness (QED) is 0.665. The molecule has 0 unspecified atom stereocenters. The van der Waals surface area contributed by atoms with E-state index in [0.717, 1.165) is 6.54 Å². The van der Waals surface area contributed by atoms with Gasteiger partial charge in [0.25, 0.3) is 0 Å². The van der Waals surface area contributed by atoms with Crippen LogP contribution in [-0.4, -0.2) is 26.2 Å². The van der Waals surface area contributed by atoms with Crippen molar-refractivity contribution in [3.63, 3.8) is 0 Å². The van der Waals surface area contributed by atoms with E-state index in [1.807, 2.05) is 18.9 Å². The third-order valence-electron chi connectivity index (χ3n) is 2.44. The summed E-state index contributed by atoms with van der Waals surface area (Å²) in [5.74, 6) is -0.406. The van der Waals surface area contributed by atoms with Crippen LogP contribution in [-0.2, 0) is 4.74 Å². The number of nitrogen functional groups attached to an aromatic ring is 1. The van der Waals surface area contributed by atoms with E-state index in [4.69, 9.17) is 22.1 Å². The van der Waals surface area contributed by atoms with E-state index in [2.05, 4.69) is 0 Å². The lowest BCUT2D eigenvalue weighted by Crippen LogP contribution is -2.20. The Morgan fingerprint density at radius 1 is 1.47 bits per heavy atom. The Labute approximate surface area is 106 Å². The first-order chi connectivity index (χ1) is 8.01. The Balaban J connectivity index is 3.29. The van der Waals surface area contributed by atoms with E-state index in [-0.39, 0.29) is 0 Å². The molecule has 0 aliphatic heterocycles. The SMILES string of the molecule is CCOC(=O)c1cc(N)cc(Cl)c1N(C)CC. The fraction of sp³-hybridized carbons (Fsp3) is 0.417. The molecule has 0 atom stereocenters. The maximum atomic E-state index is 11.8. The summed E-state index contributed by atoms with van der Waals surface area (Å²) in [5.41, 5.74) is 7.20. The van der Waals surface area contributed by atoms with E-state index in [9.17, 15) is 4.79 Å². The van der Waals surface area contributed by atoms with Crippen LogP contribution in [0.5, 0.6) is 0 Å². The van der Waals surface area contributed by atoms with Crippen LogP contribution in [0.1, 0.15) is 24.2 Å². The van der Waals surface area contributed by atoms with Gasteiger partial charge < -0.3 is 15.4 Å². The summed E-state index contributed by atoms with van der Waals surface area (Å²) >= 11 is 6.12. The Hall–Kier alpha value is -1.42. The monoisotopic (exact) mass is 256 g/mol. The highest BCUT2D eigenvalue weighted by molar-refractivity contribution is 6.34. The zero-order valence-electron chi connectivity index (χ0n) is 10.3. The summed E-state index contributed by atoms with van der Waals surface area (Å²) in [6.45, 7) is 4.78. The lowest BCUT2D eigenvalue weighted by Gasteiger charge is -2.21. The number of nitrogens with two attached hydrogens (primary N) is 1. The third-order valence-corrected chi connectivity index (χ3v) is 2.73. The summed E-state index contributed by atoms with van der Waals surface area (Å²) < 4.78 is 4.99. The number of anilines is 2. The second-order valence-corrected chi connectivity index (χ2v) is 4.04. The molecule has 5 heteroatoms. The maximum Gasteiger partial charge on any atom is 0.340 e. The Kier molecular flexibility index (Phi) is 4.63. The van der Waals surface area contributed by atoms with Gasteiger partial charge in [-0.05, 0) is 26.0 Å². The second-order valence-electron chi connectivity index (χ2n) is 3.63. The predicted molar refractivity (Wildman–Crippen MR) is 70.8 cm³/mol. The molecule has 0 spiro atoms. The number of hydrogen-bond donors (Lipinski definition) is 1. The normalized spacial score (nSPS) is 10.1. The summed E-state index contributed by atoms with van der Waals surface area (Å²) in [5, 5.41) is 0.456. The molecule has 0 heterocycles. The maximum absolute atomic E-state index is 11.8. The first kappa shape index (κ1) is 13.6. The Morgan fingerprint density at radius 2 is 2.12 bits per heavy atom. The molecule has 0 aliphatic carbocycles. The molecular formula is C12H17ClN2O2. The van der Waals surface area contributed by atoms with Crippen molar-refractivity contribution in [1.82, 2.24) is 0 Å². The van der Waals surface area contributed by atoms with Crippen molar-refractivity contribution >= 4 is 28.9 Å². The molecule has 4 nitrogen and oxygen atoms in total. The minimum atomic E-state index is -0.406. The lowest BCUT2D eigenvalue weighted by molar-refractivity contribution is 0.0527. The molecular weight excluding hydrogens is 240 g/mol. The number of carbonyl (C=O) groups is 1. The van der Waals surface area contributed by atoms with Gasteiger partial charge in [-0.1, -0.05) is 11.6 Å². The number of rotatable bonds is 4. The molecule has 17 heavy (non-hydrogen) atoms. The minimum Gasteiger partial charge on any atom is -0.462 e. The highest BCUT2D eigenvalue weighted by Gasteiger charge is 2.18. The summed E-state index contributed by atoms with van der Waals surface area (Å²) in [6.07, 6.45) is 0. The molecule has 0 saturated heterocycles. The molecule has 94 valence electrons. The molecule has 0 aromatic heterocycles. The van der Waals surface area contributed by atoms with Crippen LogP contribution in [0.4, 0.5) is 11.4 Å². The van der Waals surface area contributed by atoms with Gasteiger partial charge in [0.1, 0.15) is 0 Å². The van der Waals surface area contributed by atoms with Gasteiger partial charge in [-0.25, -0.2) is 4.79 Å². The largest absolute Gasteiger partial charge is 0.462 e. The molecule has 2 N–H and O–H groups in total. The van der Waals surface area contributed by atoms with Crippen LogP contribution in [0, 0.1) is 0 Å². The van der Waals surface area contributed by atoms with E-state index < -0.39 is 5.97 Å². The van der Waals surface area contributed by atoms with Gasteiger partial charge in [0.2, 0.25) is 0 Å². The van der Waals surface area contributed by atoms with Gasteiger partial charge in [0.15, 0.2) is 0 Å². The minimum absolute atomic E-state index is 0.320. The van der Waals surface area contributed by atoms with Gasteiger partial charge in [0.05, 0.1) is 22.9 Å². The van der Waals surface area contributed by atoms with Gasteiger partial charge in [-0.2, -0.15) is 0 Å². The van der Waals surface area contributed by atoms with Gasteiger partial charge >= 0.3 is 5.97 Å². The van der Waals surface area contributed by atoms with Crippen LogP contribution >= 0.6 is 11.6 Å². The number of halogens is 1. The first-order valence-electron chi connectivity index (χ1n) is 5.48. The highest BCUT2D eigenvalue weighted by Crippen LogP contribution is 2.32. The van der Waals surface area contributed by atoms with E-state index in [0.29, 0.717) is 28.6 Å². The molecule has 0 bridgehead atoms. The predicted octanol–water partition coefficient (Wildman–Crippen LogP) is 2.56. The van der Waals surface area contributed by atoms with Crippen LogP contribution in [0.15, 0.2) is 12.1 Å². The standard InChI is InChI=1S/C12H17ClN2O2/c1-4-15(3)11-9(12(16)17-5-2)6-8(14)7-10(11)13/h6-7H,4-5,14H2,1-3H3. The molecule has 0 aliphatic rings. The van der Waals surface area contributed by atoms with Crippen LogP contribution in [0.3, 0.4) is 0 Å². The summed E-state index contributed by atoms with van der Waals surface area (Å²) in [6, 6.07) is 3.22. The fourth-order valence-electron chi connectivity index (χ4n) is 1.53. The number of ether oxygens (including phenoxy) is 1. The zero-order valence-corrected chi connectivity index (χ0v) is 11.0. The van der Waals surface area contributed by atoms with Crippen LogP contribution in [0.2, 0.25) is 5.02 Å². The van der Waals surface area contributed by atoms with Crippen molar-refractivity contribution in [3.8, 4) is 0 Å². The van der Waals surface area contributed by atoms with Crippen molar-refractivity contribution in [2.75, 3.05) is 30.8 Å². The van der Waals surface area contributed by atoms with Gasteiger partial charge in [-0.15, -0.1) is 0 Å². The number of nitrogens with zero attached hydrogens (tertiary/aromatic N) is 1. The molecule has 0 radical (unpaired) electrons. The summed E-state index contributed by atoms with van der Waals surface area (Å²) in [4.78, 5) is 13.7. The smallest absolute Gasteiger partial charge is 0.340 e. The topological polar surface area (TPSA) is 55.6 Å². The van der Waals surface area contributed by atoms with Crippen molar-refractivity contribution in [2.45, 2.75) is 13.8 Å². The Bertz CT molecular complexity index is 421. The Morgan fingerprint density at radius 3 is 2.65 bits per heavy atom. The molecule has 1 aromatic rings. The third kappa shape index (κ3) is 3.03. The number of esters is 1. The highest BCUT2D eigenvalue weighted by atomic mass is 35.5.